The van der Waals surface area contributed by atoms with Crippen LogP contribution in [0.4, 0.5) is 0 Å². The Labute approximate surface area is 113 Å². The molecule has 96 valence electrons. The van der Waals surface area contributed by atoms with Crippen molar-refractivity contribution in [1.82, 2.24) is 10.2 Å². The van der Waals surface area contributed by atoms with E-state index in [9.17, 15) is 0 Å². The van der Waals surface area contributed by atoms with Gasteiger partial charge in [0.1, 0.15) is 0 Å². The molecule has 0 atom stereocenters. The Bertz CT molecular complexity index is 418. The van der Waals surface area contributed by atoms with Crippen LogP contribution >= 0.6 is 12.2 Å². The Morgan fingerprint density at radius 1 is 1.17 bits per heavy atom. The fourth-order valence-corrected chi connectivity index (χ4v) is 3.04. The first-order valence-electron chi connectivity index (χ1n) is 6.53. The van der Waals surface area contributed by atoms with E-state index in [1.54, 1.807) is 0 Å². The predicted octanol–water partition coefficient (Wildman–Crippen LogP) is 1.36. The Balaban J connectivity index is 1.57. The summed E-state index contributed by atoms with van der Waals surface area (Å²) < 4.78 is 5.34. The van der Waals surface area contributed by atoms with Crippen molar-refractivity contribution in [3.05, 3.63) is 35.4 Å². The van der Waals surface area contributed by atoms with Crippen molar-refractivity contribution in [2.75, 3.05) is 26.3 Å². The molecule has 1 aliphatic heterocycles. The van der Waals surface area contributed by atoms with E-state index in [2.05, 4.69) is 34.5 Å². The lowest BCUT2D eigenvalue weighted by molar-refractivity contribution is 0.0674. The summed E-state index contributed by atoms with van der Waals surface area (Å²) in [6, 6.07) is 9.12. The molecule has 1 aromatic rings. The smallest absolute Gasteiger partial charge is 0.169 e. The second-order valence-corrected chi connectivity index (χ2v) is 5.31. The SMILES string of the molecule is S=C(NC1Cc2ccccc2C1)N1CCOCC1. The van der Waals surface area contributed by atoms with Crippen LogP contribution in [-0.2, 0) is 17.6 Å². The third-order valence-electron chi connectivity index (χ3n) is 3.68. The molecular weight excluding hydrogens is 244 g/mol. The first-order chi connectivity index (χ1) is 8.83. The van der Waals surface area contributed by atoms with Crippen LogP contribution < -0.4 is 5.32 Å². The summed E-state index contributed by atoms with van der Waals surface area (Å²) in [4.78, 5) is 2.21. The Morgan fingerprint density at radius 3 is 2.39 bits per heavy atom. The highest BCUT2D eigenvalue weighted by Gasteiger charge is 2.23. The maximum atomic E-state index is 5.48. The highest BCUT2D eigenvalue weighted by Crippen LogP contribution is 2.21. The van der Waals surface area contributed by atoms with Gasteiger partial charge in [-0.15, -0.1) is 0 Å². The number of nitrogens with zero attached hydrogens (tertiary/aromatic N) is 1. The fraction of sp³-hybridized carbons (Fsp3) is 0.500. The summed E-state index contributed by atoms with van der Waals surface area (Å²) in [6.45, 7) is 3.39. The van der Waals surface area contributed by atoms with Gasteiger partial charge in [0.2, 0.25) is 0 Å². The molecule has 0 radical (unpaired) electrons. The van der Waals surface area contributed by atoms with Crippen LogP contribution in [0.5, 0.6) is 0 Å². The lowest BCUT2D eigenvalue weighted by Gasteiger charge is -2.30. The lowest BCUT2D eigenvalue weighted by atomic mass is 10.1. The number of benzene rings is 1. The molecule has 3 nitrogen and oxygen atoms in total. The van der Waals surface area contributed by atoms with E-state index in [0.29, 0.717) is 6.04 Å². The van der Waals surface area contributed by atoms with Gasteiger partial charge in [0, 0.05) is 19.1 Å². The molecule has 1 aliphatic carbocycles. The molecule has 0 amide bonds. The van der Waals surface area contributed by atoms with Crippen LogP contribution in [0.25, 0.3) is 0 Å². The number of thiocarbonyl (C=S) groups is 1. The second-order valence-electron chi connectivity index (χ2n) is 4.92. The Hall–Kier alpha value is -1.13. The number of morpholine rings is 1. The molecule has 1 saturated heterocycles. The van der Waals surface area contributed by atoms with Crippen molar-refractivity contribution in [2.45, 2.75) is 18.9 Å². The molecule has 0 aromatic heterocycles. The molecule has 1 aromatic carbocycles. The summed E-state index contributed by atoms with van der Waals surface area (Å²) in [5.74, 6) is 0. The summed E-state index contributed by atoms with van der Waals surface area (Å²) >= 11 is 5.48. The molecule has 0 unspecified atom stereocenters. The van der Waals surface area contributed by atoms with Gasteiger partial charge < -0.3 is 15.0 Å². The summed E-state index contributed by atoms with van der Waals surface area (Å²) in [6.07, 6.45) is 2.17. The number of rotatable bonds is 1. The van der Waals surface area contributed by atoms with Gasteiger partial charge in [0.25, 0.3) is 0 Å². The molecular formula is C14H18N2OS. The minimum absolute atomic E-state index is 0.456. The van der Waals surface area contributed by atoms with Crippen molar-refractivity contribution in [1.29, 1.82) is 0 Å². The van der Waals surface area contributed by atoms with Crippen molar-refractivity contribution >= 4 is 17.3 Å². The summed E-state index contributed by atoms with van der Waals surface area (Å²) in [5, 5.41) is 4.38. The second kappa shape index (κ2) is 5.24. The van der Waals surface area contributed by atoms with Gasteiger partial charge >= 0.3 is 0 Å². The van der Waals surface area contributed by atoms with E-state index in [0.717, 1.165) is 44.3 Å². The van der Waals surface area contributed by atoms with E-state index in [-0.39, 0.29) is 0 Å². The highest BCUT2D eigenvalue weighted by molar-refractivity contribution is 7.80. The normalized spacial score (nSPS) is 19.7. The maximum Gasteiger partial charge on any atom is 0.169 e. The molecule has 2 aliphatic rings. The molecule has 1 heterocycles. The lowest BCUT2D eigenvalue weighted by Crippen LogP contribution is -2.49. The zero-order valence-corrected chi connectivity index (χ0v) is 11.2. The van der Waals surface area contributed by atoms with Crippen molar-refractivity contribution in [3.8, 4) is 0 Å². The van der Waals surface area contributed by atoms with Crippen LogP contribution in [0.15, 0.2) is 24.3 Å². The quantitative estimate of drug-likeness (QED) is 0.772. The first-order valence-corrected chi connectivity index (χ1v) is 6.94. The molecule has 0 saturated carbocycles. The van der Waals surface area contributed by atoms with Crippen molar-refractivity contribution in [2.24, 2.45) is 0 Å². The van der Waals surface area contributed by atoms with Gasteiger partial charge in [-0.1, -0.05) is 24.3 Å². The maximum absolute atomic E-state index is 5.48. The van der Waals surface area contributed by atoms with Gasteiger partial charge in [-0.2, -0.15) is 0 Å². The number of fused-ring (bicyclic) bond motifs is 1. The van der Waals surface area contributed by atoms with Gasteiger partial charge in [-0.3, -0.25) is 0 Å². The largest absolute Gasteiger partial charge is 0.378 e. The van der Waals surface area contributed by atoms with Gasteiger partial charge in [-0.25, -0.2) is 0 Å². The monoisotopic (exact) mass is 262 g/mol. The topological polar surface area (TPSA) is 24.5 Å². The Morgan fingerprint density at radius 2 is 1.78 bits per heavy atom. The first kappa shape index (κ1) is 11.9. The number of ether oxygens (including phenoxy) is 1. The fourth-order valence-electron chi connectivity index (χ4n) is 2.69. The third-order valence-corrected chi connectivity index (χ3v) is 4.05. The minimum atomic E-state index is 0.456. The van der Waals surface area contributed by atoms with Gasteiger partial charge in [0.15, 0.2) is 5.11 Å². The minimum Gasteiger partial charge on any atom is -0.378 e. The third kappa shape index (κ3) is 2.49. The molecule has 1 N–H and O–H groups in total. The number of hydrogen-bond acceptors (Lipinski definition) is 2. The Kier molecular flexibility index (Phi) is 3.48. The highest BCUT2D eigenvalue weighted by atomic mass is 32.1. The zero-order valence-electron chi connectivity index (χ0n) is 10.4. The van der Waals surface area contributed by atoms with Crippen LogP contribution in [0, 0.1) is 0 Å². The molecule has 1 fully saturated rings. The van der Waals surface area contributed by atoms with E-state index >= 15 is 0 Å². The average molecular weight is 262 g/mol. The van der Waals surface area contributed by atoms with E-state index < -0.39 is 0 Å². The van der Waals surface area contributed by atoms with Crippen molar-refractivity contribution < 1.29 is 4.74 Å². The van der Waals surface area contributed by atoms with Gasteiger partial charge in [-0.05, 0) is 36.2 Å². The standard InChI is InChI=1S/C14H18N2OS/c18-14(16-5-7-17-8-6-16)15-13-9-11-3-1-2-4-12(11)10-13/h1-4,13H,5-10H2,(H,15,18). The summed E-state index contributed by atoms with van der Waals surface area (Å²) in [7, 11) is 0. The average Bonchev–Trinajstić information content (AvgIpc) is 2.82. The summed E-state index contributed by atoms with van der Waals surface area (Å²) in [5.41, 5.74) is 2.92. The molecule has 0 bridgehead atoms. The van der Waals surface area contributed by atoms with Crippen LogP contribution in [-0.4, -0.2) is 42.4 Å². The van der Waals surface area contributed by atoms with Gasteiger partial charge in [0.05, 0.1) is 13.2 Å². The zero-order chi connectivity index (χ0) is 12.4. The molecule has 0 spiro atoms. The van der Waals surface area contributed by atoms with Crippen LogP contribution in [0.1, 0.15) is 11.1 Å². The molecule has 4 heteroatoms. The molecule has 3 rings (SSSR count). The molecule has 18 heavy (non-hydrogen) atoms. The van der Waals surface area contributed by atoms with Crippen molar-refractivity contribution in [3.63, 3.8) is 0 Å². The number of nitrogens with one attached hydrogen (secondary N) is 1. The number of hydrogen-bond donors (Lipinski definition) is 1. The van der Waals surface area contributed by atoms with E-state index in [4.69, 9.17) is 17.0 Å². The van der Waals surface area contributed by atoms with E-state index in [1.165, 1.54) is 11.1 Å². The predicted molar refractivity (Wildman–Crippen MR) is 75.8 cm³/mol. The van der Waals surface area contributed by atoms with E-state index in [1.807, 2.05) is 0 Å². The van der Waals surface area contributed by atoms with Crippen LogP contribution in [0.3, 0.4) is 0 Å². The van der Waals surface area contributed by atoms with Crippen LogP contribution in [0.2, 0.25) is 0 Å².